The Morgan fingerprint density at radius 2 is 2.00 bits per heavy atom. The number of piperidine rings is 1. The summed E-state index contributed by atoms with van der Waals surface area (Å²) in [5.74, 6) is 0.270. The van der Waals surface area contributed by atoms with Crippen LogP contribution in [0.4, 0.5) is 5.69 Å². The van der Waals surface area contributed by atoms with Crippen LogP contribution in [0.3, 0.4) is 0 Å². The standard InChI is InChI=1S/C12H18N4O3/c1-8-4-6-15(7-5-8)12(17)10-11(16(18)19)9(2)14(3)13-10/h8H,4-7H2,1-3H3. The first-order valence-electron chi connectivity index (χ1n) is 6.39. The van der Waals surface area contributed by atoms with Gasteiger partial charge in [-0.05, 0) is 25.7 Å². The molecular formula is C12H18N4O3. The summed E-state index contributed by atoms with van der Waals surface area (Å²) >= 11 is 0. The van der Waals surface area contributed by atoms with Crippen LogP contribution in [0.5, 0.6) is 0 Å². The molecule has 1 fully saturated rings. The second-order valence-corrected chi connectivity index (χ2v) is 5.14. The van der Waals surface area contributed by atoms with Gasteiger partial charge in [0.05, 0.1) is 4.92 Å². The molecule has 1 aromatic rings. The van der Waals surface area contributed by atoms with Crippen LogP contribution in [0.1, 0.15) is 35.9 Å². The summed E-state index contributed by atoms with van der Waals surface area (Å²) in [5.41, 5.74) is 0.185. The normalized spacial score (nSPS) is 16.7. The molecule has 19 heavy (non-hydrogen) atoms. The van der Waals surface area contributed by atoms with Crippen molar-refractivity contribution in [2.75, 3.05) is 13.1 Å². The monoisotopic (exact) mass is 266 g/mol. The molecule has 7 nitrogen and oxygen atoms in total. The second-order valence-electron chi connectivity index (χ2n) is 5.14. The van der Waals surface area contributed by atoms with Crippen LogP contribution in [0.2, 0.25) is 0 Å². The van der Waals surface area contributed by atoms with Crippen LogP contribution < -0.4 is 0 Å². The Balaban J connectivity index is 2.29. The highest BCUT2D eigenvalue weighted by molar-refractivity contribution is 5.96. The summed E-state index contributed by atoms with van der Waals surface area (Å²) in [7, 11) is 1.61. The number of rotatable bonds is 2. The molecular weight excluding hydrogens is 248 g/mol. The average molecular weight is 266 g/mol. The number of carbonyl (C=O) groups is 1. The zero-order valence-corrected chi connectivity index (χ0v) is 11.4. The third kappa shape index (κ3) is 2.45. The van der Waals surface area contributed by atoms with Crippen molar-refractivity contribution in [1.82, 2.24) is 14.7 Å². The minimum absolute atomic E-state index is 0.0421. The van der Waals surface area contributed by atoms with Gasteiger partial charge >= 0.3 is 5.69 Å². The fourth-order valence-electron chi connectivity index (χ4n) is 2.32. The van der Waals surface area contributed by atoms with Crippen molar-refractivity contribution >= 4 is 11.6 Å². The maximum atomic E-state index is 12.3. The lowest BCUT2D eigenvalue weighted by atomic mass is 9.99. The van der Waals surface area contributed by atoms with E-state index in [9.17, 15) is 14.9 Å². The highest BCUT2D eigenvalue weighted by atomic mass is 16.6. The van der Waals surface area contributed by atoms with Crippen LogP contribution >= 0.6 is 0 Å². The molecule has 0 radical (unpaired) electrons. The molecule has 2 rings (SSSR count). The molecule has 0 aromatic carbocycles. The first-order valence-corrected chi connectivity index (χ1v) is 6.39. The van der Waals surface area contributed by atoms with Crippen molar-refractivity contribution in [3.63, 3.8) is 0 Å². The van der Waals surface area contributed by atoms with Gasteiger partial charge in [-0.25, -0.2) is 0 Å². The summed E-state index contributed by atoms with van der Waals surface area (Å²) in [6.07, 6.45) is 1.87. The van der Waals surface area contributed by atoms with Gasteiger partial charge in [0.25, 0.3) is 5.91 Å². The van der Waals surface area contributed by atoms with Crippen molar-refractivity contribution in [3.8, 4) is 0 Å². The molecule has 0 bridgehead atoms. The Bertz CT molecular complexity index is 515. The lowest BCUT2D eigenvalue weighted by Gasteiger charge is -2.29. The molecule has 2 heterocycles. The van der Waals surface area contributed by atoms with Crippen molar-refractivity contribution in [1.29, 1.82) is 0 Å². The lowest BCUT2D eigenvalue weighted by Crippen LogP contribution is -2.38. The minimum Gasteiger partial charge on any atom is -0.337 e. The molecule has 0 spiro atoms. The van der Waals surface area contributed by atoms with Gasteiger partial charge in [0.2, 0.25) is 5.69 Å². The Hall–Kier alpha value is -1.92. The predicted molar refractivity (Wildman–Crippen MR) is 68.9 cm³/mol. The van der Waals surface area contributed by atoms with E-state index in [1.165, 1.54) is 4.68 Å². The highest BCUT2D eigenvalue weighted by Gasteiger charge is 2.32. The Kier molecular flexibility index (Phi) is 3.55. The van der Waals surface area contributed by atoms with Crippen LogP contribution in [0, 0.1) is 23.0 Å². The van der Waals surface area contributed by atoms with Gasteiger partial charge in [-0.15, -0.1) is 0 Å². The van der Waals surface area contributed by atoms with E-state index < -0.39 is 4.92 Å². The number of aryl methyl sites for hydroxylation is 1. The van der Waals surface area contributed by atoms with Gasteiger partial charge in [0.15, 0.2) is 0 Å². The minimum atomic E-state index is -0.526. The van der Waals surface area contributed by atoms with Gasteiger partial charge in [-0.1, -0.05) is 6.92 Å². The third-order valence-electron chi connectivity index (χ3n) is 3.76. The molecule has 0 saturated carbocycles. The van der Waals surface area contributed by atoms with Crippen LogP contribution in [-0.2, 0) is 7.05 Å². The van der Waals surface area contributed by atoms with E-state index in [2.05, 4.69) is 12.0 Å². The lowest BCUT2D eigenvalue weighted by molar-refractivity contribution is -0.385. The number of nitrogens with zero attached hydrogens (tertiary/aromatic N) is 4. The first kappa shape index (κ1) is 13.5. The number of likely N-dealkylation sites (tertiary alicyclic amines) is 1. The van der Waals surface area contributed by atoms with E-state index in [1.807, 2.05) is 0 Å². The highest BCUT2D eigenvalue weighted by Crippen LogP contribution is 2.25. The molecule has 1 saturated heterocycles. The first-order chi connectivity index (χ1) is 8.91. The van der Waals surface area contributed by atoms with E-state index >= 15 is 0 Å². The molecule has 0 N–H and O–H groups in total. The zero-order valence-electron chi connectivity index (χ0n) is 11.4. The van der Waals surface area contributed by atoms with Gasteiger partial charge in [-0.2, -0.15) is 5.10 Å². The Morgan fingerprint density at radius 3 is 2.53 bits per heavy atom. The largest absolute Gasteiger partial charge is 0.337 e. The summed E-state index contributed by atoms with van der Waals surface area (Å²) in [6.45, 7) is 5.04. The molecule has 104 valence electrons. The van der Waals surface area contributed by atoms with E-state index in [0.717, 1.165) is 12.8 Å². The smallest absolute Gasteiger partial charge is 0.322 e. The van der Waals surface area contributed by atoms with E-state index in [-0.39, 0.29) is 17.3 Å². The van der Waals surface area contributed by atoms with Gasteiger partial charge in [-0.3, -0.25) is 19.6 Å². The zero-order chi connectivity index (χ0) is 14.2. The summed E-state index contributed by atoms with van der Waals surface area (Å²) in [5, 5.41) is 15.1. The fourth-order valence-corrected chi connectivity index (χ4v) is 2.32. The predicted octanol–water partition coefficient (Wildman–Crippen LogP) is 1.51. The van der Waals surface area contributed by atoms with Crippen LogP contribution in [0.25, 0.3) is 0 Å². The molecule has 0 atom stereocenters. The van der Waals surface area contributed by atoms with Crippen molar-refractivity contribution < 1.29 is 9.72 Å². The quantitative estimate of drug-likeness (QED) is 0.600. The summed E-state index contributed by atoms with van der Waals surface area (Å²) in [6, 6.07) is 0. The Labute approximate surface area is 111 Å². The van der Waals surface area contributed by atoms with Gasteiger partial charge < -0.3 is 4.90 Å². The molecule has 0 aliphatic carbocycles. The molecule has 1 aromatic heterocycles. The van der Waals surface area contributed by atoms with E-state index in [0.29, 0.717) is 24.7 Å². The van der Waals surface area contributed by atoms with Crippen LogP contribution in [-0.4, -0.2) is 38.6 Å². The van der Waals surface area contributed by atoms with Gasteiger partial charge in [0, 0.05) is 20.1 Å². The third-order valence-corrected chi connectivity index (χ3v) is 3.76. The topological polar surface area (TPSA) is 81.3 Å². The summed E-state index contributed by atoms with van der Waals surface area (Å²) < 4.78 is 1.39. The average Bonchev–Trinajstić information content (AvgIpc) is 2.66. The van der Waals surface area contributed by atoms with E-state index in [4.69, 9.17) is 0 Å². The van der Waals surface area contributed by atoms with Crippen molar-refractivity contribution in [3.05, 3.63) is 21.5 Å². The molecule has 1 aliphatic heterocycles. The Morgan fingerprint density at radius 1 is 1.42 bits per heavy atom. The molecule has 7 heteroatoms. The SMILES string of the molecule is Cc1c([N+](=O)[O-])c(C(=O)N2CCC(C)CC2)nn1C. The maximum Gasteiger partial charge on any atom is 0.322 e. The number of amides is 1. The molecule has 1 amide bonds. The van der Waals surface area contributed by atoms with Crippen molar-refractivity contribution in [2.45, 2.75) is 26.7 Å². The molecule has 1 aliphatic rings. The van der Waals surface area contributed by atoms with Crippen molar-refractivity contribution in [2.24, 2.45) is 13.0 Å². The second kappa shape index (κ2) is 4.99. The number of hydrogen-bond acceptors (Lipinski definition) is 4. The fraction of sp³-hybridized carbons (Fsp3) is 0.667. The summed E-state index contributed by atoms with van der Waals surface area (Å²) in [4.78, 5) is 24.6. The number of hydrogen-bond donors (Lipinski definition) is 0. The van der Waals surface area contributed by atoms with E-state index in [1.54, 1.807) is 18.9 Å². The molecule has 0 unspecified atom stereocenters. The van der Waals surface area contributed by atoms with Crippen LogP contribution in [0.15, 0.2) is 0 Å². The number of carbonyl (C=O) groups excluding carboxylic acids is 1. The number of aromatic nitrogens is 2. The number of nitro groups is 1. The van der Waals surface area contributed by atoms with Gasteiger partial charge in [0.1, 0.15) is 5.69 Å². The maximum absolute atomic E-state index is 12.3.